The number of piperazine rings is 1. The van der Waals surface area contributed by atoms with Crippen LogP contribution >= 0.6 is 11.3 Å². The van der Waals surface area contributed by atoms with Crippen molar-refractivity contribution in [2.24, 2.45) is 0 Å². The second-order valence-corrected chi connectivity index (χ2v) is 9.60. The number of thiophene rings is 1. The Morgan fingerprint density at radius 2 is 1.59 bits per heavy atom. The highest BCUT2D eigenvalue weighted by Crippen LogP contribution is 2.38. The van der Waals surface area contributed by atoms with E-state index in [0.29, 0.717) is 65.3 Å². The molecular formula is C24H23F3N4O2S. The minimum atomic E-state index is -4.35. The molecule has 6 nitrogen and oxygen atoms in total. The number of carbonyl (C=O) groups excluding carboxylic acids is 2. The van der Waals surface area contributed by atoms with Gasteiger partial charge in [0.15, 0.2) is 0 Å². The molecule has 5 rings (SSSR count). The van der Waals surface area contributed by atoms with Crippen LogP contribution in [0.4, 0.5) is 13.2 Å². The zero-order valence-corrected chi connectivity index (χ0v) is 19.0. The number of benzene rings is 1. The monoisotopic (exact) mass is 488 g/mol. The number of carbonyl (C=O) groups is 2. The van der Waals surface area contributed by atoms with Crippen molar-refractivity contribution in [2.45, 2.75) is 12.2 Å². The summed E-state index contributed by atoms with van der Waals surface area (Å²) in [6.45, 7) is 4.06. The van der Waals surface area contributed by atoms with Crippen LogP contribution in [0.25, 0.3) is 10.4 Å². The first-order valence-corrected chi connectivity index (χ1v) is 11.8. The molecule has 0 spiro atoms. The van der Waals surface area contributed by atoms with Gasteiger partial charge in [-0.1, -0.05) is 12.1 Å². The Kier molecular flexibility index (Phi) is 5.95. The Balaban J connectivity index is 1.13. The molecule has 34 heavy (non-hydrogen) atoms. The number of hydrogen-bond donors (Lipinski definition) is 1. The van der Waals surface area contributed by atoms with Crippen molar-refractivity contribution in [2.75, 3.05) is 39.3 Å². The van der Waals surface area contributed by atoms with Crippen LogP contribution in [0.2, 0.25) is 0 Å². The highest BCUT2D eigenvalue weighted by molar-refractivity contribution is 7.15. The molecule has 2 fully saturated rings. The molecule has 2 aliphatic rings. The number of amides is 2. The molecule has 10 heteroatoms. The van der Waals surface area contributed by atoms with Crippen LogP contribution in [0.3, 0.4) is 0 Å². The summed E-state index contributed by atoms with van der Waals surface area (Å²) in [4.78, 5) is 34.0. The van der Waals surface area contributed by atoms with E-state index in [1.807, 2.05) is 4.90 Å². The predicted octanol–water partition coefficient (Wildman–Crippen LogP) is 4.04. The highest BCUT2D eigenvalue weighted by atomic mass is 32.1. The lowest BCUT2D eigenvalue weighted by atomic mass is 10.0. The molecule has 0 bridgehead atoms. The van der Waals surface area contributed by atoms with Crippen molar-refractivity contribution in [3.63, 3.8) is 0 Å². The number of alkyl halides is 3. The lowest BCUT2D eigenvalue weighted by Gasteiger charge is -2.48. The van der Waals surface area contributed by atoms with Gasteiger partial charge in [-0.05, 0) is 42.0 Å². The summed E-state index contributed by atoms with van der Waals surface area (Å²) in [5, 5.41) is 0. The summed E-state index contributed by atoms with van der Waals surface area (Å²) < 4.78 is 38.5. The maximum atomic E-state index is 12.9. The standard InChI is InChI=1S/C24H23F3N4O2S/c25-24(26,27)21-8-7-20(34-21)16-3-5-17(6-4-16)22(32)30-12-10-29(11-13-30)18-14-31(15-18)23(33)19-2-1-9-28-19/h1-9,18,28H,10-15H2. The van der Waals surface area contributed by atoms with E-state index in [-0.39, 0.29) is 11.8 Å². The summed E-state index contributed by atoms with van der Waals surface area (Å²) in [6.07, 6.45) is -2.61. The molecule has 2 saturated heterocycles. The summed E-state index contributed by atoms with van der Waals surface area (Å²) >= 11 is 0.695. The fourth-order valence-corrected chi connectivity index (χ4v) is 5.26. The number of halogens is 3. The second kappa shape index (κ2) is 8.92. The van der Waals surface area contributed by atoms with Gasteiger partial charge in [-0.25, -0.2) is 0 Å². The fraction of sp³-hybridized carbons (Fsp3) is 0.333. The SMILES string of the molecule is O=C(c1ccc(-c2ccc(C(F)(F)F)s2)cc1)N1CCN(C2CN(C(=O)c3ccc[nH]3)C2)CC1. The number of aromatic nitrogens is 1. The second-order valence-electron chi connectivity index (χ2n) is 8.51. The fourth-order valence-electron chi connectivity index (χ4n) is 4.38. The third-order valence-electron chi connectivity index (χ3n) is 6.40. The van der Waals surface area contributed by atoms with Crippen molar-refractivity contribution >= 4 is 23.2 Å². The number of likely N-dealkylation sites (tertiary alicyclic amines) is 1. The quantitative estimate of drug-likeness (QED) is 0.603. The lowest BCUT2D eigenvalue weighted by molar-refractivity contribution is -0.134. The van der Waals surface area contributed by atoms with Gasteiger partial charge in [0.25, 0.3) is 11.8 Å². The zero-order valence-electron chi connectivity index (χ0n) is 18.2. The summed E-state index contributed by atoms with van der Waals surface area (Å²) in [5.74, 6) is -0.0683. The van der Waals surface area contributed by atoms with E-state index in [4.69, 9.17) is 0 Å². The van der Waals surface area contributed by atoms with Crippen LogP contribution in [-0.2, 0) is 6.18 Å². The molecule has 0 aliphatic carbocycles. The number of aromatic amines is 1. The van der Waals surface area contributed by atoms with Crippen LogP contribution in [-0.4, -0.2) is 76.8 Å². The molecule has 1 N–H and O–H groups in total. The molecule has 2 amide bonds. The molecule has 2 aromatic heterocycles. The van der Waals surface area contributed by atoms with Crippen LogP contribution < -0.4 is 0 Å². The first-order valence-electron chi connectivity index (χ1n) is 11.0. The maximum Gasteiger partial charge on any atom is 0.425 e. The predicted molar refractivity (Wildman–Crippen MR) is 123 cm³/mol. The molecule has 0 atom stereocenters. The van der Waals surface area contributed by atoms with E-state index in [1.54, 1.807) is 47.5 Å². The molecular weight excluding hydrogens is 465 g/mol. The number of nitrogens with zero attached hydrogens (tertiary/aromatic N) is 3. The number of H-pyrrole nitrogens is 1. The van der Waals surface area contributed by atoms with E-state index < -0.39 is 11.1 Å². The molecule has 1 aromatic carbocycles. The number of rotatable bonds is 4. The lowest BCUT2D eigenvalue weighted by Crippen LogP contribution is -2.64. The minimum Gasteiger partial charge on any atom is -0.357 e. The van der Waals surface area contributed by atoms with Gasteiger partial charge in [-0.2, -0.15) is 13.2 Å². The van der Waals surface area contributed by atoms with E-state index in [0.717, 1.165) is 19.2 Å². The molecule has 0 saturated carbocycles. The van der Waals surface area contributed by atoms with Gasteiger partial charge in [0.1, 0.15) is 10.6 Å². The van der Waals surface area contributed by atoms with Gasteiger partial charge in [-0.15, -0.1) is 11.3 Å². The Morgan fingerprint density at radius 1 is 0.882 bits per heavy atom. The summed E-state index contributed by atoms with van der Waals surface area (Å²) in [6, 6.07) is 13.2. The molecule has 4 heterocycles. The molecule has 178 valence electrons. The summed E-state index contributed by atoms with van der Waals surface area (Å²) in [7, 11) is 0. The van der Waals surface area contributed by atoms with Crippen LogP contribution in [0.15, 0.2) is 54.7 Å². The number of nitrogens with one attached hydrogen (secondary N) is 1. The highest BCUT2D eigenvalue weighted by Gasteiger charge is 2.37. The van der Waals surface area contributed by atoms with Crippen LogP contribution in [0.1, 0.15) is 25.7 Å². The van der Waals surface area contributed by atoms with Crippen molar-refractivity contribution < 1.29 is 22.8 Å². The normalized spacial score (nSPS) is 17.6. The van der Waals surface area contributed by atoms with Crippen LogP contribution in [0.5, 0.6) is 0 Å². The van der Waals surface area contributed by atoms with Gasteiger partial charge in [0, 0.05) is 61.9 Å². The molecule has 0 radical (unpaired) electrons. The third kappa shape index (κ3) is 4.47. The molecule has 3 aromatic rings. The van der Waals surface area contributed by atoms with Crippen molar-refractivity contribution in [3.8, 4) is 10.4 Å². The Bertz CT molecular complexity index is 1160. The van der Waals surface area contributed by atoms with Gasteiger partial charge in [-0.3, -0.25) is 14.5 Å². The van der Waals surface area contributed by atoms with E-state index >= 15 is 0 Å². The molecule has 0 unspecified atom stereocenters. The largest absolute Gasteiger partial charge is 0.425 e. The maximum absolute atomic E-state index is 12.9. The van der Waals surface area contributed by atoms with Gasteiger partial charge < -0.3 is 14.8 Å². The average Bonchev–Trinajstić information content (AvgIpc) is 3.50. The Hall–Kier alpha value is -3.11. The van der Waals surface area contributed by atoms with E-state index in [9.17, 15) is 22.8 Å². The smallest absolute Gasteiger partial charge is 0.357 e. The first-order chi connectivity index (χ1) is 16.3. The van der Waals surface area contributed by atoms with Crippen molar-refractivity contribution in [3.05, 3.63) is 70.9 Å². The van der Waals surface area contributed by atoms with Gasteiger partial charge >= 0.3 is 6.18 Å². The average molecular weight is 489 g/mol. The molecule has 2 aliphatic heterocycles. The third-order valence-corrected chi connectivity index (χ3v) is 7.58. The number of hydrogen-bond acceptors (Lipinski definition) is 4. The first kappa shape index (κ1) is 22.7. The minimum absolute atomic E-state index is 0.00990. The van der Waals surface area contributed by atoms with E-state index in [2.05, 4.69) is 9.88 Å². The van der Waals surface area contributed by atoms with Gasteiger partial charge in [0.05, 0.1) is 0 Å². The van der Waals surface area contributed by atoms with Crippen molar-refractivity contribution in [1.29, 1.82) is 0 Å². The van der Waals surface area contributed by atoms with Crippen LogP contribution in [0, 0.1) is 0 Å². The zero-order chi connectivity index (χ0) is 23.9. The Labute approximate surface area is 198 Å². The van der Waals surface area contributed by atoms with E-state index in [1.165, 1.54) is 6.07 Å². The Morgan fingerprint density at radius 3 is 2.18 bits per heavy atom. The van der Waals surface area contributed by atoms with Crippen molar-refractivity contribution in [1.82, 2.24) is 19.7 Å². The van der Waals surface area contributed by atoms with Gasteiger partial charge in [0.2, 0.25) is 0 Å². The summed E-state index contributed by atoms with van der Waals surface area (Å²) in [5.41, 5.74) is 1.78. The topological polar surface area (TPSA) is 59.7 Å².